The van der Waals surface area contributed by atoms with Gasteiger partial charge in [0.1, 0.15) is 0 Å². The van der Waals surface area contributed by atoms with Gasteiger partial charge in [0.2, 0.25) is 0 Å². The van der Waals surface area contributed by atoms with E-state index < -0.39 is 0 Å². The molecule has 0 atom stereocenters. The highest BCUT2D eigenvalue weighted by Gasteiger charge is 1.96. The van der Waals surface area contributed by atoms with Crippen LogP contribution in [-0.2, 0) is 6.54 Å². The van der Waals surface area contributed by atoms with Crippen LogP contribution in [0.4, 0.5) is 5.69 Å². The third kappa shape index (κ3) is 2.86. The summed E-state index contributed by atoms with van der Waals surface area (Å²) in [6, 6.07) is 16.3. The lowest BCUT2D eigenvalue weighted by atomic mass is 10.2. The van der Waals surface area contributed by atoms with Gasteiger partial charge in [-0.1, -0.05) is 46.3 Å². The number of anilines is 1. The fraction of sp³-hybridized carbons (Fsp3) is 0.0714. The van der Waals surface area contributed by atoms with E-state index >= 15 is 0 Å². The quantitative estimate of drug-likeness (QED) is 0.883. The molecule has 0 heterocycles. The van der Waals surface area contributed by atoms with Crippen molar-refractivity contribution in [2.24, 2.45) is 0 Å². The minimum atomic E-state index is 0.819. The number of hydrogen-bond acceptors (Lipinski definition) is 1. The first kappa shape index (κ1) is 11.2. The predicted octanol–water partition coefficient (Wildman–Crippen LogP) is 4.24. The predicted molar refractivity (Wildman–Crippen MR) is 72.4 cm³/mol. The molecule has 0 aromatic heterocycles. The van der Waals surface area contributed by atoms with Crippen LogP contribution in [0, 0.1) is 6.92 Å². The van der Waals surface area contributed by atoms with E-state index in [9.17, 15) is 0 Å². The SMILES string of the molecule is [CH2]c1ccccc1NCc1ccc(Br)cc1. The van der Waals surface area contributed by atoms with Crippen molar-refractivity contribution in [3.63, 3.8) is 0 Å². The Morgan fingerprint density at radius 1 is 1.00 bits per heavy atom. The molecule has 1 nitrogen and oxygen atoms in total. The van der Waals surface area contributed by atoms with Crippen LogP contribution in [0.3, 0.4) is 0 Å². The van der Waals surface area contributed by atoms with E-state index in [2.05, 4.69) is 40.3 Å². The van der Waals surface area contributed by atoms with Gasteiger partial charge in [0.25, 0.3) is 0 Å². The van der Waals surface area contributed by atoms with Gasteiger partial charge in [-0.05, 0) is 36.2 Å². The van der Waals surface area contributed by atoms with Gasteiger partial charge in [0.05, 0.1) is 0 Å². The number of para-hydroxylation sites is 1. The topological polar surface area (TPSA) is 12.0 Å². The molecule has 0 saturated heterocycles. The maximum Gasteiger partial charge on any atom is 0.0400 e. The summed E-state index contributed by atoms with van der Waals surface area (Å²) in [7, 11) is 0. The molecule has 1 N–H and O–H groups in total. The maximum absolute atomic E-state index is 3.98. The van der Waals surface area contributed by atoms with Gasteiger partial charge in [-0.3, -0.25) is 0 Å². The molecule has 2 aromatic rings. The van der Waals surface area contributed by atoms with Crippen LogP contribution in [-0.4, -0.2) is 0 Å². The highest BCUT2D eigenvalue weighted by atomic mass is 79.9. The summed E-state index contributed by atoms with van der Waals surface area (Å²) in [6.07, 6.45) is 0. The molecule has 2 aromatic carbocycles. The first-order chi connectivity index (χ1) is 7.75. The van der Waals surface area contributed by atoms with E-state index in [1.165, 1.54) is 5.56 Å². The fourth-order valence-corrected chi connectivity index (χ4v) is 1.76. The van der Waals surface area contributed by atoms with Crippen molar-refractivity contribution < 1.29 is 0 Å². The second-order valence-electron chi connectivity index (χ2n) is 3.64. The molecule has 0 aliphatic rings. The van der Waals surface area contributed by atoms with E-state index in [0.717, 1.165) is 22.3 Å². The normalized spacial score (nSPS) is 10.1. The molecule has 0 unspecified atom stereocenters. The third-order valence-electron chi connectivity index (χ3n) is 2.41. The van der Waals surface area contributed by atoms with Gasteiger partial charge < -0.3 is 5.32 Å². The molecule has 2 rings (SSSR count). The number of hydrogen-bond donors (Lipinski definition) is 1. The molecular weight excluding hydrogens is 262 g/mol. The molecule has 81 valence electrons. The van der Waals surface area contributed by atoms with Crippen LogP contribution >= 0.6 is 15.9 Å². The lowest BCUT2D eigenvalue weighted by molar-refractivity contribution is 1.14. The number of rotatable bonds is 3. The average Bonchev–Trinajstić information content (AvgIpc) is 2.30. The molecule has 1 radical (unpaired) electrons. The molecule has 16 heavy (non-hydrogen) atoms. The van der Waals surface area contributed by atoms with Crippen molar-refractivity contribution in [1.82, 2.24) is 0 Å². The Bertz CT molecular complexity index is 462. The summed E-state index contributed by atoms with van der Waals surface area (Å²) < 4.78 is 1.11. The van der Waals surface area contributed by atoms with Gasteiger partial charge in [0, 0.05) is 16.7 Å². The van der Waals surface area contributed by atoms with Crippen LogP contribution in [0.1, 0.15) is 11.1 Å². The summed E-state index contributed by atoms with van der Waals surface area (Å²) in [5.74, 6) is 0. The van der Waals surface area contributed by atoms with E-state index in [0.29, 0.717) is 0 Å². The lowest BCUT2D eigenvalue weighted by Crippen LogP contribution is -2.00. The fourth-order valence-electron chi connectivity index (χ4n) is 1.49. The van der Waals surface area contributed by atoms with Crippen molar-refractivity contribution in [3.05, 3.63) is 71.1 Å². The Morgan fingerprint density at radius 2 is 1.69 bits per heavy atom. The van der Waals surface area contributed by atoms with Gasteiger partial charge >= 0.3 is 0 Å². The van der Waals surface area contributed by atoms with Crippen LogP contribution in [0.2, 0.25) is 0 Å². The van der Waals surface area contributed by atoms with Crippen molar-refractivity contribution in [3.8, 4) is 0 Å². The van der Waals surface area contributed by atoms with Crippen molar-refractivity contribution in [2.75, 3.05) is 5.32 Å². The molecule has 0 aliphatic heterocycles. The average molecular weight is 275 g/mol. The zero-order valence-electron chi connectivity index (χ0n) is 8.91. The zero-order valence-corrected chi connectivity index (χ0v) is 10.5. The zero-order chi connectivity index (χ0) is 11.4. The molecule has 0 saturated carbocycles. The summed E-state index contributed by atoms with van der Waals surface area (Å²) in [4.78, 5) is 0. The maximum atomic E-state index is 3.98. The Labute approximate surface area is 105 Å². The first-order valence-corrected chi connectivity index (χ1v) is 5.94. The van der Waals surface area contributed by atoms with Gasteiger partial charge in [0.15, 0.2) is 0 Å². The lowest BCUT2D eigenvalue weighted by Gasteiger charge is -2.09. The number of nitrogens with one attached hydrogen (secondary N) is 1. The smallest absolute Gasteiger partial charge is 0.0400 e. The minimum Gasteiger partial charge on any atom is -0.381 e. The van der Waals surface area contributed by atoms with E-state index in [-0.39, 0.29) is 0 Å². The molecule has 2 heteroatoms. The van der Waals surface area contributed by atoms with Crippen LogP contribution in [0.5, 0.6) is 0 Å². The van der Waals surface area contributed by atoms with Crippen LogP contribution in [0.15, 0.2) is 53.0 Å². The molecule has 0 spiro atoms. The first-order valence-electron chi connectivity index (χ1n) is 5.15. The molecule has 0 fully saturated rings. The van der Waals surface area contributed by atoms with Crippen LogP contribution < -0.4 is 5.32 Å². The van der Waals surface area contributed by atoms with Crippen molar-refractivity contribution in [1.29, 1.82) is 0 Å². The standard InChI is InChI=1S/C14H13BrN/c1-11-4-2-3-5-14(11)16-10-12-6-8-13(15)9-7-12/h2-9,16H,1,10H2. The second kappa shape index (κ2) is 5.17. The molecule has 0 amide bonds. The van der Waals surface area contributed by atoms with Gasteiger partial charge in [-0.15, -0.1) is 0 Å². The second-order valence-corrected chi connectivity index (χ2v) is 4.55. The summed E-state index contributed by atoms with van der Waals surface area (Å²) in [6.45, 7) is 4.80. The Balaban J connectivity index is 2.02. The number of halogens is 1. The summed E-state index contributed by atoms with van der Waals surface area (Å²) in [5, 5.41) is 3.37. The highest BCUT2D eigenvalue weighted by Crippen LogP contribution is 2.15. The molecule has 0 bridgehead atoms. The van der Waals surface area contributed by atoms with E-state index in [1.54, 1.807) is 0 Å². The number of benzene rings is 2. The Morgan fingerprint density at radius 3 is 2.38 bits per heavy atom. The minimum absolute atomic E-state index is 0.819. The third-order valence-corrected chi connectivity index (χ3v) is 2.94. The van der Waals surface area contributed by atoms with E-state index in [4.69, 9.17) is 0 Å². The van der Waals surface area contributed by atoms with Crippen LogP contribution in [0.25, 0.3) is 0 Å². The van der Waals surface area contributed by atoms with Crippen molar-refractivity contribution in [2.45, 2.75) is 6.54 Å². The van der Waals surface area contributed by atoms with Gasteiger partial charge in [-0.25, -0.2) is 0 Å². The Kier molecular flexibility index (Phi) is 3.62. The highest BCUT2D eigenvalue weighted by molar-refractivity contribution is 9.10. The largest absolute Gasteiger partial charge is 0.381 e. The van der Waals surface area contributed by atoms with E-state index in [1.807, 2.05) is 36.4 Å². The van der Waals surface area contributed by atoms with Gasteiger partial charge in [-0.2, -0.15) is 0 Å². The van der Waals surface area contributed by atoms with Crippen molar-refractivity contribution >= 4 is 21.6 Å². The molecule has 0 aliphatic carbocycles. The monoisotopic (exact) mass is 274 g/mol. The summed E-state index contributed by atoms with van der Waals surface area (Å²) in [5.41, 5.74) is 3.37. The summed E-state index contributed by atoms with van der Waals surface area (Å²) >= 11 is 3.42. The Hall–Kier alpha value is -1.28. The molecular formula is C14H13BrN.